The monoisotopic (exact) mass is 447 g/mol. The van der Waals surface area contributed by atoms with Gasteiger partial charge in [0.25, 0.3) is 6.43 Å². The molecule has 4 heterocycles. The third-order valence-electron chi connectivity index (χ3n) is 5.68. The fraction of sp³-hybridized carbons (Fsp3) is 0.450. The summed E-state index contributed by atoms with van der Waals surface area (Å²) in [5.74, 6) is 1.17. The SMILES string of the molecule is CSN1CC(Nc2nc(N3CCC(O)C3)c3cnn(-c4cccc(C(F)F)c4)c3n2)C1. The topological polar surface area (TPSA) is 82.3 Å². The molecule has 164 valence electrons. The number of aromatic nitrogens is 4. The molecule has 2 aliphatic rings. The van der Waals surface area contributed by atoms with Gasteiger partial charge in [0.15, 0.2) is 5.65 Å². The molecule has 31 heavy (non-hydrogen) atoms. The predicted molar refractivity (Wildman–Crippen MR) is 117 cm³/mol. The molecule has 0 bridgehead atoms. The number of anilines is 2. The summed E-state index contributed by atoms with van der Waals surface area (Å²) in [6, 6.07) is 6.38. The van der Waals surface area contributed by atoms with Crippen molar-refractivity contribution >= 4 is 34.7 Å². The molecule has 5 rings (SSSR count). The van der Waals surface area contributed by atoms with Gasteiger partial charge in [0.05, 0.1) is 29.4 Å². The van der Waals surface area contributed by atoms with Gasteiger partial charge in [-0.2, -0.15) is 15.1 Å². The molecule has 1 unspecified atom stereocenters. The van der Waals surface area contributed by atoms with Crippen LogP contribution < -0.4 is 10.2 Å². The number of rotatable bonds is 6. The van der Waals surface area contributed by atoms with Crippen molar-refractivity contribution in [1.29, 1.82) is 0 Å². The highest BCUT2D eigenvalue weighted by atomic mass is 32.2. The molecule has 1 aromatic carbocycles. The predicted octanol–water partition coefficient (Wildman–Crippen LogP) is 2.70. The van der Waals surface area contributed by atoms with Gasteiger partial charge in [0.2, 0.25) is 5.95 Å². The van der Waals surface area contributed by atoms with E-state index in [1.54, 1.807) is 35.0 Å². The Bertz CT molecular complexity index is 1090. The zero-order chi connectivity index (χ0) is 21.5. The number of halogens is 2. The third kappa shape index (κ3) is 3.92. The summed E-state index contributed by atoms with van der Waals surface area (Å²) in [5, 5.41) is 18.6. The molecule has 2 aromatic heterocycles. The fourth-order valence-electron chi connectivity index (χ4n) is 3.98. The second-order valence-electron chi connectivity index (χ2n) is 7.82. The summed E-state index contributed by atoms with van der Waals surface area (Å²) < 4.78 is 30.2. The Morgan fingerprint density at radius 3 is 2.77 bits per heavy atom. The maximum absolute atomic E-state index is 13.2. The average Bonchev–Trinajstić information content (AvgIpc) is 3.36. The van der Waals surface area contributed by atoms with Crippen LogP contribution in [0.3, 0.4) is 0 Å². The molecule has 2 fully saturated rings. The Morgan fingerprint density at radius 1 is 1.23 bits per heavy atom. The summed E-state index contributed by atoms with van der Waals surface area (Å²) >= 11 is 1.70. The first-order chi connectivity index (χ1) is 15.0. The third-order valence-corrected chi connectivity index (χ3v) is 6.49. The Labute approximate surface area is 182 Å². The van der Waals surface area contributed by atoms with Crippen molar-refractivity contribution in [2.24, 2.45) is 0 Å². The number of benzene rings is 1. The largest absolute Gasteiger partial charge is 0.391 e. The number of hydrogen-bond donors (Lipinski definition) is 2. The van der Waals surface area contributed by atoms with Crippen LogP contribution in [0, 0.1) is 0 Å². The van der Waals surface area contributed by atoms with Crippen LogP contribution in [-0.2, 0) is 0 Å². The summed E-state index contributed by atoms with van der Waals surface area (Å²) in [4.78, 5) is 11.4. The van der Waals surface area contributed by atoms with Crippen molar-refractivity contribution in [2.45, 2.75) is 25.0 Å². The Hall–Kier alpha value is -2.50. The minimum Gasteiger partial charge on any atom is -0.391 e. The lowest BCUT2D eigenvalue weighted by molar-refractivity contribution is 0.151. The first kappa shape index (κ1) is 20.4. The summed E-state index contributed by atoms with van der Waals surface area (Å²) in [7, 11) is 0. The lowest BCUT2D eigenvalue weighted by atomic mass is 10.2. The van der Waals surface area contributed by atoms with E-state index < -0.39 is 12.5 Å². The van der Waals surface area contributed by atoms with Gasteiger partial charge in [-0.3, -0.25) is 0 Å². The van der Waals surface area contributed by atoms with Gasteiger partial charge >= 0.3 is 0 Å². The maximum atomic E-state index is 13.2. The number of alkyl halides is 2. The van der Waals surface area contributed by atoms with Gasteiger partial charge in [0, 0.05) is 31.7 Å². The molecule has 2 saturated heterocycles. The fourth-order valence-corrected chi connectivity index (χ4v) is 4.63. The summed E-state index contributed by atoms with van der Waals surface area (Å²) in [5.41, 5.74) is 0.992. The highest BCUT2D eigenvalue weighted by Crippen LogP contribution is 2.31. The minimum atomic E-state index is -2.56. The number of β-amino-alcohol motifs (C(OH)–C–C–N with tert-alkyl or cyclic N) is 1. The van der Waals surface area contributed by atoms with E-state index in [2.05, 4.69) is 19.7 Å². The van der Waals surface area contributed by atoms with Crippen molar-refractivity contribution in [1.82, 2.24) is 24.1 Å². The maximum Gasteiger partial charge on any atom is 0.263 e. The van der Waals surface area contributed by atoms with E-state index in [4.69, 9.17) is 4.98 Å². The van der Waals surface area contributed by atoms with E-state index >= 15 is 0 Å². The Morgan fingerprint density at radius 2 is 2.06 bits per heavy atom. The molecule has 8 nitrogen and oxygen atoms in total. The zero-order valence-corrected chi connectivity index (χ0v) is 17.8. The van der Waals surface area contributed by atoms with Crippen molar-refractivity contribution in [2.75, 3.05) is 42.7 Å². The molecule has 0 amide bonds. The molecule has 3 aromatic rings. The highest BCUT2D eigenvalue weighted by molar-refractivity contribution is 7.96. The van der Waals surface area contributed by atoms with Crippen molar-refractivity contribution in [3.05, 3.63) is 36.0 Å². The molecule has 1 atom stereocenters. The lowest BCUT2D eigenvalue weighted by Crippen LogP contribution is -2.51. The first-order valence-electron chi connectivity index (χ1n) is 10.1. The minimum absolute atomic E-state index is 0.0666. The van der Waals surface area contributed by atoms with Crippen LogP contribution >= 0.6 is 11.9 Å². The van der Waals surface area contributed by atoms with E-state index in [-0.39, 0.29) is 11.6 Å². The zero-order valence-electron chi connectivity index (χ0n) is 16.9. The van der Waals surface area contributed by atoms with Crippen LogP contribution in [0.4, 0.5) is 20.5 Å². The van der Waals surface area contributed by atoms with Gasteiger partial charge in [-0.25, -0.2) is 17.8 Å². The van der Waals surface area contributed by atoms with Crippen molar-refractivity contribution in [3.63, 3.8) is 0 Å². The lowest BCUT2D eigenvalue weighted by Gasteiger charge is -2.37. The van der Waals surface area contributed by atoms with Crippen LogP contribution in [0.5, 0.6) is 0 Å². The van der Waals surface area contributed by atoms with Crippen LogP contribution in [0.2, 0.25) is 0 Å². The van der Waals surface area contributed by atoms with Crippen molar-refractivity contribution < 1.29 is 13.9 Å². The second-order valence-corrected chi connectivity index (χ2v) is 8.70. The number of aliphatic hydroxyl groups is 1. The standard InChI is InChI=1S/C20H23F2N7OS/c1-31-28-9-13(10-28)24-20-25-18(27-6-5-15(30)11-27)16-8-23-29(19(16)26-20)14-4-2-3-12(7-14)17(21)22/h2-4,7-8,13,15,17,30H,5-6,9-11H2,1H3,(H,24,25,26). The molecule has 2 N–H and O–H groups in total. The Kier molecular flexibility index (Phi) is 5.40. The van der Waals surface area contributed by atoms with E-state index in [0.717, 1.165) is 18.5 Å². The first-order valence-corrected chi connectivity index (χ1v) is 11.3. The Balaban J connectivity index is 1.56. The average molecular weight is 448 g/mol. The summed E-state index contributed by atoms with van der Waals surface area (Å²) in [6.07, 6.45) is 1.41. The van der Waals surface area contributed by atoms with Gasteiger partial charge in [-0.05, 0) is 24.8 Å². The van der Waals surface area contributed by atoms with E-state index in [0.29, 0.717) is 42.6 Å². The van der Waals surface area contributed by atoms with Crippen LogP contribution in [0.15, 0.2) is 30.5 Å². The molecule has 0 saturated carbocycles. The number of fused-ring (bicyclic) bond motifs is 1. The van der Waals surface area contributed by atoms with Gasteiger partial charge < -0.3 is 15.3 Å². The van der Waals surface area contributed by atoms with Gasteiger partial charge in [0.1, 0.15) is 5.82 Å². The number of aliphatic hydroxyl groups excluding tert-OH is 1. The molecular weight excluding hydrogens is 424 g/mol. The molecular formula is C20H23F2N7OS. The van der Waals surface area contributed by atoms with Gasteiger partial charge in [-0.15, -0.1) is 0 Å². The smallest absolute Gasteiger partial charge is 0.263 e. The molecule has 11 heteroatoms. The van der Waals surface area contributed by atoms with E-state index in [9.17, 15) is 13.9 Å². The molecule has 0 spiro atoms. The quantitative estimate of drug-likeness (QED) is 0.559. The van der Waals surface area contributed by atoms with E-state index in [1.807, 2.05) is 11.2 Å². The molecule has 0 radical (unpaired) electrons. The van der Waals surface area contributed by atoms with E-state index in [1.165, 1.54) is 12.1 Å². The number of hydrogen-bond acceptors (Lipinski definition) is 8. The van der Waals surface area contributed by atoms with Crippen LogP contribution in [0.1, 0.15) is 18.4 Å². The van der Waals surface area contributed by atoms with Crippen LogP contribution in [-0.4, -0.2) is 73.7 Å². The molecule has 0 aliphatic carbocycles. The van der Waals surface area contributed by atoms with Crippen molar-refractivity contribution in [3.8, 4) is 5.69 Å². The van der Waals surface area contributed by atoms with Gasteiger partial charge in [-0.1, -0.05) is 24.1 Å². The van der Waals surface area contributed by atoms with Crippen LogP contribution in [0.25, 0.3) is 16.7 Å². The normalized spacial score (nSPS) is 20.0. The number of nitrogens with one attached hydrogen (secondary N) is 1. The number of nitrogens with zero attached hydrogens (tertiary/aromatic N) is 6. The summed E-state index contributed by atoms with van der Waals surface area (Å²) in [6.45, 7) is 2.94. The highest BCUT2D eigenvalue weighted by Gasteiger charge is 2.29. The molecule has 2 aliphatic heterocycles. The second kappa shape index (κ2) is 8.21.